The van der Waals surface area contributed by atoms with Gasteiger partial charge in [0.2, 0.25) is 5.91 Å². The van der Waals surface area contributed by atoms with Crippen LogP contribution in [-0.2, 0) is 16.0 Å². The summed E-state index contributed by atoms with van der Waals surface area (Å²) in [7, 11) is 1.61. The highest BCUT2D eigenvalue weighted by molar-refractivity contribution is 6.12. The number of anilines is 2. The second kappa shape index (κ2) is 11.0. The summed E-state index contributed by atoms with van der Waals surface area (Å²) >= 11 is 0. The van der Waals surface area contributed by atoms with Crippen molar-refractivity contribution >= 4 is 29.4 Å². The van der Waals surface area contributed by atoms with Crippen LogP contribution in [0.3, 0.4) is 0 Å². The first-order valence-electron chi connectivity index (χ1n) is 12.5. The third kappa shape index (κ3) is 5.32. The van der Waals surface area contributed by atoms with Crippen LogP contribution >= 0.6 is 0 Å². The monoisotopic (exact) mass is 496 g/mol. The number of nitrogens with one attached hydrogen (secondary N) is 1. The van der Waals surface area contributed by atoms with Gasteiger partial charge >= 0.3 is 6.03 Å². The SMILES string of the molecule is CC[C@@H](NC(=O)N1C(=O)C(Cc2ccnc(N)c2)[C@H]1C(=O)N(C)c1ccncc1)C1CCCC(F)C1. The first kappa shape index (κ1) is 25.5. The van der Waals surface area contributed by atoms with E-state index in [1.54, 1.807) is 49.9 Å². The van der Waals surface area contributed by atoms with Gasteiger partial charge in [0.05, 0.1) is 5.92 Å². The molecule has 2 fully saturated rings. The number of β-lactam (4-membered cyclic amide) rings is 1. The molecule has 3 unspecified atom stereocenters. The number of aromatic nitrogens is 2. The Hall–Kier alpha value is -3.56. The van der Waals surface area contributed by atoms with Crippen LogP contribution in [0.15, 0.2) is 42.9 Å². The van der Waals surface area contributed by atoms with Gasteiger partial charge in [-0.2, -0.15) is 0 Å². The largest absolute Gasteiger partial charge is 0.384 e. The summed E-state index contributed by atoms with van der Waals surface area (Å²) in [5, 5.41) is 2.94. The molecule has 2 aromatic heterocycles. The molecule has 9 nitrogen and oxygen atoms in total. The first-order chi connectivity index (χ1) is 17.3. The smallest absolute Gasteiger partial charge is 0.325 e. The summed E-state index contributed by atoms with van der Waals surface area (Å²) in [6.07, 6.45) is 7.22. The fourth-order valence-electron chi connectivity index (χ4n) is 5.34. The quantitative estimate of drug-likeness (QED) is 0.568. The van der Waals surface area contributed by atoms with E-state index in [0.717, 1.165) is 23.3 Å². The molecule has 36 heavy (non-hydrogen) atoms. The number of alkyl halides is 1. The molecule has 0 radical (unpaired) electrons. The zero-order chi connectivity index (χ0) is 25.8. The number of urea groups is 1. The molecule has 0 spiro atoms. The van der Waals surface area contributed by atoms with Crippen molar-refractivity contribution < 1.29 is 18.8 Å². The van der Waals surface area contributed by atoms with Crippen LogP contribution < -0.4 is 16.0 Å². The topological polar surface area (TPSA) is 122 Å². The number of hydrogen-bond donors (Lipinski definition) is 2. The van der Waals surface area contributed by atoms with Gasteiger partial charge in [-0.05, 0) is 67.9 Å². The number of likely N-dealkylation sites (N-methyl/N-ethyl adjacent to an activating group) is 1. The van der Waals surface area contributed by atoms with Crippen LogP contribution in [0, 0.1) is 11.8 Å². The van der Waals surface area contributed by atoms with Gasteiger partial charge in [-0.1, -0.05) is 13.3 Å². The Balaban J connectivity index is 1.56. The fraction of sp³-hybridized carbons (Fsp3) is 0.500. The molecule has 2 aromatic rings. The van der Waals surface area contributed by atoms with Gasteiger partial charge in [-0.25, -0.2) is 14.2 Å². The van der Waals surface area contributed by atoms with Crippen LogP contribution in [-0.4, -0.2) is 58.0 Å². The Labute approximate surface area is 210 Å². The molecule has 0 bridgehead atoms. The Morgan fingerprint density at radius 1 is 1.25 bits per heavy atom. The molecule has 5 atom stereocenters. The highest BCUT2D eigenvalue weighted by atomic mass is 19.1. The van der Waals surface area contributed by atoms with Crippen molar-refractivity contribution in [3.8, 4) is 0 Å². The highest BCUT2D eigenvalue weighted by Gasteiger charge is 2.55. The number of carbonyl (C=O) groups excluding carboxylic acids is 3. The maximum absolute atomic E-state index is 14.0. The molecule has 192 valence electrons. The highest BCUT2D eigenvalue weighted by Crippen LogP contribution is 2.34. The molecule has 0 aromatic carbocycles. The van der Waals surface area contributed by atoms with Crippen LogP contribution in [0.2, 0.25) is 0 Å². The second-order valence-corrected chi connectivity index (χ2v) is 9.64. The Morgan fingerprint density at radius 2 is 2.00 bits per heavy atom. The van der Waals surface area contributed by atoms with Gasteiger partial charge < -0.3 is 16.0 Å². The lowest BCUT2D eigenvalue weighted by Gasteiger charge is -2.46. The predicted octanol–water partition coefficient (Wildman–Crippen LogP) is 3.11. The minimum Gasteiger partial charge on any atom is -0.384 e. The van der Waals surface area contributed by atoms with E-state index in [2.05, 4.69) is 15.3 Å². The second-order valence-electron chi connectivity index (χ2n) is 9.64. The number of hydrogen-bond acceptors (Lipinski definition) is 6. The summed E-state index contributed by atoms with van der Waals surface area (Å²) in [6, 6.07) is 4.91. The number of likely N-dealkylation sites (tertiary alicyclic amines) is 1. The van der Waals surface area contributed by atoms with Gasteiger partial charge in [0.15, 0.2) is 0 Å². The number of halogens is 1. The van der Waals surface area contributed by atoms with E-state index in [9.17, 15) is 18.8 Å². The van der Waals surface area contributed by atoms with Crippen molar-refractivity contribution in [1.29, 1.82) is 0 Å². The molecule has 1 saturated carbocycles. The maximum Gasteiger partial charge on any atom is 0.325 e. The van der Waals surface area contributed by atoms with E-state index in [-0.39, 0.29) is 24.3 Å². The molecule has 1 saturated heterocycles. The fourth-order valence-corrected chi connectivity index (χ4v) is 5.34. The number of carbonyl (C=O) groups is 3. The molecule has 3 heterocycles. The van der Waals surface area contributed by atoms with Crippen molar-refractivity contribution in [3.63, 3.8) is 0 Å². The number of nitrogen functional groups attached to an aromatic ring is 1. The molecule has 4 amide bonds. The predicted molar refractivity (Wildman–Crippen MR) is 134 cm³/mol. The number of pyridine rings is 2. The molecule has 1 aliphatic heterocycles. The summed E-state index contributed by atoms with van der Waals surface area (Å²) in [4.78, 5) is 50.6. The van der Waals surface area contributed by atoms with Gasteiger partial charge in [-0.3, -0.25) is 19.5 Å². The molecule has 3 N–H and O–H groups in total. The van der Waals surface area contributed by atoms with E-state index in [0.29, 0.717) is 30.8 Å². The first-order valence-corrected chi connectivity index (χ1v) is 12.5. The van der Waals surface area contributed by atoms with E-state index in [1.807, 2.05) is 6.92 Å². The van der Waals surface area contributed by atoms with Crippen molar-refractivity contribution in [3.05, 3.63) is 48.4 Å². The standard InChI is InChI=1S/C26H33FN6O3/c1-3-21(17-5-4-6-18(27)15-17)31-26(36)33-23(25(35)32(2)19-8-10-29-11-9-19)20(24(33)34)13-16-7-12-30-22(28)14-16/h7-12,14,17-18,20-21,23H,3-6,13,15H2,1-2H3,(H2,28,30)(H,31,36)/t17?,18?,20?,21-,23+/m1/s1. The lowest BCUT2D eigenvalue weighted by Crippen LogP contribution is -2.71. The van der Waals surface area contributed by atoms with Crippen LogP contribution in [0.25, 0.3) is 0 Å². The third-order valence-electron chi connectivity index (χ3n) is 7.34. The van der Waals surface area contributed by atoms with Crippen molar-refractivity contribution in [2.75, 3.05) is 17.7 Å². The average Bonchev–Trinajstić information content (AvgIpc) is 2.88. The molecular weight excluding hydrogens is 463 g/mol. The van der Waals surface area contributed by atoms with Crippen molar-refractivity contribution in [2.24, 2.45) is 11.8 Å². The number of amides is 4. The Kier molecular flexibility index (Phi) is 7.81. The van der Waals surface area contributed by atoms with Crippen LogP contribution in [0.5, 0.6) is 0 Å². The van der Waals surface area contributed by atoms with E-state index < -0.39 is 30.1 Å². The van der Waals surface area contributed by atoms with Crippen molar-refractivity contribution in [2.45, 2.75) is 63.7 Å². The summed E-state index contributed by atoms with van der Waals surface area (Å²) in [6.45, 7) is 1.93. The van der Waals surface area contributed by atoms with Crippen LogP contribution in [0.4, 0.5) is 20.7 Å². The van der Waals surface area contributed by atoms with Gasteiger partial charge in [0.1, 0.15) is 18.0 Å². The summed E-state index contributed by atoms with van der Waals surface area (Å²) in [5.74, 6) is -1.21. The van der Waals surface area contributed by atoms with E-state index >= 15 is 0 Å². The summed E-state index contributed by atoms with van der Waals surface area (Å²) < 4.78 is 14.0. The number of rotatable bonds is 7. The average molecular weight is 497 g/mol. The molecule has 4 rings (SSSR count). The van der Waals surface area contributed by atoms with Gasteiger partial charge in [0, 0.05) is 37.4 Å². The maximum atomic E-state index is 14.0. The normalized spacial score (nSPS) is 24.5. The number of nitrogens with two attached hydrogens (primary N) is 1. The molecule has 10 heteroatoms. The molecule has 1 aliphatic carbocycles. The third-order valence-corrected chi connectivity index (χ3v) is 7.34. The molecule has 2 aliphatic rings. The van der Waals surface area contributed by atoms with Crippen molar-refractivity contribution in [1.82, 2.24) is 20.2 Å². The number of imide groups is 1. The Bertz CT molecular complexity index is 1100. The Morgan fingerprint density at radius 3 is 2.67 bits per heavy atom. The number of nitrogens with zero attached hydrogens (tertiary/aromatic N) is 4. The minimum atomic E-state index is -0.983. The minimum absolute atomic E-state index is 0.00307. The lowest BCUT2D eigenvalue weighted by atomic mass is 9.81. The van der Waals surface area contributed by atoms with E-state index in [4.69, 9.17) is 5.73 Å². The lowest BCUT2D eigenvalue weighted by molar-refractivity contribution is -0.156. The summed E-state index contributed by atoms with van der Waals surface area (Å²) in [5.41, 5.74) is 7.15. The zero-order valence-electron chi connectivity index (χ0n) is 20.6. The zero-order valence-corrected chi connectivity index (χ0v) is 20.6. The van der Waals surface area contributed by atoms with Crippen LogP contribution in [0.1, 0.15) is 44.6 Å². The van der Waals surface area contributed by atoms with E-state index in [1.165, 1.54) is 4.90 Å². The van der Waals surface area contributed by atoms with Gasteiger partial charge in [0.25, 0.3) is 5.91 Å². The molecular formula is C26H33FN6O3. The van der Waals surface area contributed by atoms with Gasteiger partial charge in [-0.15, -0.1) is 0 Å².